The second-order valence-electron chi connectivity index (χ2n) is 5.05. The van der Waals surface area contributed by atoms with Gasteiger partial charge in [0.2, 0.25) is 10.0 Å². The lowest BCUT2D eigenvalue weighted by Gasteiger charge is -2.12. The Hall–Kier alpha value is -1.40. The van der Waals surface area contributed by atoms with Gasteiger partial charge < -0.3 is 4.74 Å². The number of sulfonamides is 1. The van der Waals surface area contributed by atoms with Crippen LogP contribution in [-0.4, -0.2) is 27.5 Å². The molecule has 0 saturated heterocycles. The smallest absolute Gasteiger partial charge is 0.337 e. The number of hydrogen-bond donors (Lipinski definition) is 1. The van der Waals surface area contributed by atoms with Crippen molar-refractivity contribution in [2.24, 2.45) is 0 Å². The summed E-state index contributed by atoms with van der Waals surface area (Å²) in [6, 6.07) is 6.57. The van der Waals surface area contributed by atoms with Gasteiger partial charge in [0, 0.05) is 6.04 Å². The highest BCUT2D eigenvalue weighted by Gasteiger charge is 2.21. The molecule has 110 valence electrons. The lowest BCUT2D eigenvalue weighted by atomic mass is 10.1. The molecule has 0 unspecified atom stereocenters. The van der Waals surface area contributed by atoms with Gasteiger partial charge in [0.25, 0.3) is 0 Å². The second-order valence-corrected chi connectivity index (χ2v) is 6.80. The van der Waals surface area contributed by atoms with Crippen LogP contribution in [0, 0.1) is 0 Å². The molecule has 1 aliphatic rings. The Balaban J connectivity index is 2.06. The van der Waals surface area contributed by atoms with E-state index in [1.54, 1.807) is 24.3 Å². The van der Waals surface area contributed by atoms with Crippen molar-refractivity contribution < 1.29 is 17.9 Å². The third kappa shape index (κ3) is 4.05. The molecule has 0 amide bonds. The summed E-state index contributed by atoms with van der Waals surface area (Å²) in [7, 11) is -2.07. The molecule has 1 N–H and O–H groups in total. The van der Waals surface area contributed by atoms with E-state index < -0.39 is 16.0 Å². The molecule has 0 radical (unpaired) electrons. The molecule has 1 saturated carbocycles. The Morgan fingerprint density at radius 2 is 2.05 bits per heavy atom. The fraction of sp³-hybridized carbons (Fsp3) is 0.500. The summed E-state index contributed by atoms with van der Waals surface area (Å²) in [6.07, 6.45) is 3.96. The minimum absolute atomic E-state index is 0.0591. The highest BCUT2D eigenvalue weighted by atomic mass is 32.2. The van der Waals surface area contributed by atoms with Crippen molar-refractivity contribution in [1.82, 2.24) is 4.72 Å². The quantitative estimate of drug-likeness (QED) is 0.842. The summed E-state index contributed by atoms with van der Waals surface area (Å²) in [5, 5.41) is 0. The summed E-state index contributed by atoms with van der Waals surface area (Å²) >= 11 is 0. The van der Waals surface area contributed by atoms with Crippen molar-refractivity contribution in [2.75, 3.05) is 7.11 Å². The van der Waals surface area contributed by atoms with Crippen LogP contribution in [0.1, 0.15) is 41.6 Å². The van der Waals surface area contributed by atoms with Crippen LogP contribution >= 0.6 is 0 Å². The third-order valence-corrected chi connectivity index (χ3v) is 4.81. The molecule has 1 aromatic carbocycles. The molecular formula is C14H19NO4S. The van der Waals surface area contributed by atoms with Gasteiger partial charge in [-0.15, -0.1) is 0 Å². The normalized spacial score (nSPS) is 16.2. The van der Waals surface area contributed by atoms with E-state index in [1.807, 2.05) is 0 Å². The Labute approximate surface area is 119 Å². The predicted octanol–water partition coefficient (Wildman–Crippen LogP) is 1.84. The molecule has 20 heavy (non-hydrogen) atoms. The Bertz CT molecular complexity index is 577. The number of benzene rings is 1. The molecule has 0 heterocycles. The third-order valence-electron chi connectivity index (χ3n) is 3.41. The molecule has 5 nitrogen and oxygen atoms in total. The Kier molecular flexibility index (Phi) is 4.77. The van der Waals surface area contributed by atoms with E-state index in [1.165, 1.54) is 7.11 Å². The van der Waals surface area contributed by atoms with Crippen LogP contribution in [-0.2, 0) is 20.5 Å². The zero-order chi connectivity index (χ0) is 14.6. The number of ether oxygens (including phenoxy) is 1. The first-order valence-electron chi connectivity index (χ1n) is 6.67. The fourth-order valence-corrected chi connectivity index (χ4v) is 3.91. The first kappa shape index (κ1) is 15.0. The van der Waals surface area contributed by atoms with Crippen molar-refractivity contribution in [2.45, 2.75) is 37.5 Å². The van der Waals surface area contributed by atoms with Gasteiger partial charge in [-0.3, -0.25) is 0 Å². The van der Waals surface area contributed by atoms with Crippen molar-refractivity contribution in [3.63, 3.8) is 0 Å². The second kappa shape index (κ2) is 6.37. The highest BCUT2D eigenvalue weighted by molar-refractivity contribution is 7.88. The number of carbonyl (C=O) groups excluding carboxylic acids is 1. The van der Waals surface area contributed by atoms with Gasteiger partial charge in [-0.2, -0.15) is 0 Å². The van der Waals surface area contributed by atoms with Gasteiger partial charge in [-0.25, -0.2) is 17.9 Å². The number of hydrogen-bond acceptors (Lipinski definition) is 4. The predicted molar refractivity (Wildman–Crippen MR) is 75.8 cm³/mol. The van der Waals surface area contributed by atoms with Gasteiger partial charge in [-0.05, 0) is 30.5 Å². The topological polar surface area (TPSA) is 72.5 Å². The summed E-state index contributed by atoms with van der Waals surface area (Å²) in [4.78, 5) is 11.4. The SMILES string of the molecule is COC(=O)c1cccc(CS(=O)(=O)NC2CCCC2)c1. The summed E-state index contributed by atoms with van der Waals surface area (Å²) in [5.41, 5.74) is 0.944. The molecule has 6 heteroatoms. The maximum atomic E-state index is 12.1. The minimum Gasteiger partial charge on any atom is -0.465 e. The zero-order valence-electron chi connectivity index (χ0n) is 11.5. The van der Waals surface area contributed by atoms with E-state index in [2.05, 4.69) is 9.46 Å². The average molecular weight is 297 g/mol. The molecular weight excluding hydrogens is 278 g/mol. The number of esters is 1. The Morgan fingerprint density at radius 3 is 2.70 bits per heavy atom. The molecule has 1 aliphatic carbocycles. The van der Waals surface area contributed by atoms with E-state index in [9.17, 15) is 13.2 Å². The lowest BCUT2D eigenvalue weighted by Crippen LogP contribution is -2.33. The molecule has 1 aromatic rings. The maximum absolute atomic E-state index is 12.1. The molecule has 0 bridgehead atoms. The van der Waals surface area contributed by atoms with Gasteiger partial charge >= 0.3 is 5.97 Å². The van der Waals surface area contributed by atoms with E-state index in [0.29, 0.717) is 11.1 Å². The van der Waals surface area contributed by atoms with Crippen LogP contribution < -0.4 is 4.72 Å². The van der Waals surface area contributed by atoms with Gasteiger partial charge in [0.15, 0.2) is 0 Å². The van der Waals surface area contributed by atoms with Crippen LogP contribution in [0.25, 0.3) is 0 Å². The molecule has 0 aliphatic heterocycles. The molecule has 0 spiro atoms. The minimum atomic E-state index is -3.37. The van der Waals surface area contributed by atoms with Crippen molar-refractivity contribution in [3.05, 3.63) is 35.4 Å². The van der Waals surface area contributed by atoms with Crippen LogP contribution in [0.3, 0.4) is 0 Å². The summed E-state index contributed by atoms with van der Waals surface area (Å²) < 4.78 is 31.5. The lowest BCUT2D eigenvalue weighted by molar-refractivity contribution is 0.0600. The number of methoxy groups -OCH3 is 1. The maximum Gasteiger partial charge on any atom is 0.337 e. The number of nitrogens with one attached hydrogen (secondary N) is 1. The van der Waals surface area contributed by atoms with E-state index in [-0.39, 0.29) is 11.8 Å². The van der Waals surface area contributed by atoms with Crippen molar-refractivity contribution in [3.8, 4) is 0 Å². The largest absolute Gasteiger partial charge is 0.465 e. The van der Waals surface area contributed by atoms with E-state index >= 15 is 0 Å². The molecule has 0 atom stereocenters. The first-order valence-corrected chi connectivity index (χ1v) is 8.32. The van der Waals surface area contributed by atoms with E-state index in [4.69, 9.17) is 0 Å². The highest BCUT2D eigenvalue weighted by Crippen LogP contribution is 2.19. The monoisotopic (exact) mass is 297 g/mol. The van der Waals surface area contributed by atoms with Crippen molar-refractivity contribution >= 4 is 16.0 Å². The standard InChI is InChI=1S/C14H19NO4S/c1-19-14(16)12-6-4-5-11(9-12)10-20(17,18)15-13-7-2-3-8-13/h4-6,9,13,15H,2-3,7-8,10H2,1H3. The summed E-state index contributed by atoms with van der Waals surface area (Å²) in [6.45, 7) is 0. The van der Waals surface area contributed by atoms with E-state index in [0.717, 1.165) is 25.7 Å². The number of carbonyl (C=O) groups is 1. The first-order chi connectivity index (χ1) is 9.50. The molecule has 1 fully saturated rings. The summed E-state index contributed by atoms with van der Waals surface area (Å²) in [5.74, 6) is -0.582. The van der Waals surface area contributed by atoms with Crippen molar-refractivity contribution in [1.29, 1.82) is 0 Å². The average Bonchev–Trinajstić information content (AvgIpc) is 2.89. The van der Waals surface area contributed by atoms with Crippen LogP contribution in [0.15, 0.2) is 24.3 Å². The molecule has 2 rings (SSSR count). The van der Waals surface area contributed by atoms with Crippen LogP contribution in [0.4, 0.5) is 0 Å². The van der Waals surface area contributed by atoms with Gasteiger partial charge in [0.1, 0.15) is 0 Å². The van der Waals surface area contributed by atoms with Gasteiger partial charge in [0.05, 0.1) is 18.4 Å². The fourth-order valence-electron chi connectivity index (χ4n) is 2.46. The number of rotatable bonds is 5. The zero-order valence-corrected chi connectivity index (χ0v) is 12.3. The van der Waals surface area contributed by atoms with Crippen LogP contribution in [0.2, 0.25) is 0 Å². The van der Waals surface area contributed by atoms with Crippen LogP contribution in [0.5, 0.6) is 0 Å². The Morgan fingerprint density at radius 1 is 1.35 bits per heavy atom. The molecule has 0 aromatic heterocycles. The van der Waals surface area contributed by atoms with Gasteiger partial charge in [-0.1, -0.05) is 25.0 Å².